The molecular formula is C15H9ClF2O2. The van der Waals surface area contributed by atoms with E-state index in [2.05, 4.69) is 0 Å². The molecule has 0 radical (unpaired) electrons. The molecule has 0 aromatic heterocycles. The molecule has 2 aromatic rings. The summed E-state index contributed by atoms with van der Waals surface area (Å²) in [5.74, 6) is -3.81. The number of Topliss-reactive ketones (excluding diaryl/α,β-unsaturated/α-hetero) is 1. The van der Waals surface area contributed by atoms with E-state index in [-0.39, 0.29) is 21.9 Å². The van der Waals surface area contributed by atoms with E-state index >= 15 is 0 Å². The van der Waals surface area contributed by atoms with E-state index < -0.39 is 17.8 Å². The Morgan fingerprint density at radius 2 is 1.85 bits per heavy atom. The lowest BCUT2D eigenvalue weighted by atomic mass is 9.92. The van der Waals surface area contributed by atoms with Crippen LogP contribution in [0.2, 0.25) is 5.02 Å². The van der Waals surface area contributed by atoms with E-state index in [1.807, 2.05) is 0 Å². The molecule has 0 saturated heterocycles. The number of rotatable bonds is 1. The van der Waals surface area contributed by atoms with E-state index in [4.69, 9.17) is 16.3 Å². The van der Waals surface area contributed by atoms with Gasteiger partial charge in [-0.05, 0) is 18.2 Å². The first-order valence-corrected chi connectivity index (χ1v) is 6.31. The Bertz CT molecular complexity index is 675. The van der Waals surface area contributed by atoms with Crippen molar-refractivity contribution in [2.45, 2.75) is 12.0 Å². The van der Waals surface area contributed by atoms with Gasteiger partial charge in [0.15, 0.2) is 0 Å². The fourth-order valence-electron chi connectivity index (χ4n) is 2.17. The van der Waals surface area contributed by atoms with Gasteiger partial charge < -0.3 is 4.74 Å². The third-order valence-corrected chi connectivity index (χ3v) is 3.42. The van der Waals surface area contributed by atoms with Gasteiger partial charge in [0.25, 0.3) is 0 Å². The molecule has 1 heterocycles. The molecule has 2 atom stereocenters. The molecule has 0 N–H and O–H groups in total. The zero-order valence-electron chi connectivity index (χ0n) is 10.1. The van der Waals surface area contributed by atoms with E-state index in [0.717, 1.165) is 0 Å². The molecule has 0 fully saturated rings. The average Bonchev–Trinajstić information content (AvgIpc) is 2.47. The van der Waals surface area contributed by atoms with Crippen molar-refractivity contribution in [1.82, 2.24) is 0 Å². The third-order valence-electron chi connectivity index (χ3n) is 3.19. The minimum Gasteiger partial charge on any atom is -0.450 e. The quantitative estimate of drug-likeness (QED) is 0.792. The van der Waals surface area contributed by atoms with Gasteiger partial charge in [0.2, 0.25) is 12.0 Å². The highest BCUT2D eigenvalue weighted by Gasteiger charge is 2.52. The molecule has 0 amide bonds. The highest BCUT2D eigenvalue weighted by molar-refractivity contribution is 6.31. The third kappa shape index (κ3) is 1.88. The first-order chi connectivity index (χ1) is 9.52. The first-order valence-electron chi connectivity index (χ1n) is 5.93. The summed E-state index contributed by atoms with van der Waals surface area (Å²) in [6.07, 6.45) is -2.43. The fourth-order valence-corrected chi connectivity index (χ4v) is 2.34. The van der Waals surface area contributed by atoms with Gasteiger partial charge >= 0.3 is 5.85 Å². The lowest BCUT2D eigenvalue weighted by molar-refractivity contribution is -0.120. The number of hydrogen-bond acceptors (Lipinski definition) is 2. The van der Waals surface area contributed by atoms with Crippen molar-refractivity contribution < 1.29 is 18.3 Å². The molecule has 2 nitrogen and oxygen atoms in total. The SMILES string of the molecule is O=C1c2cc(Cl)ccc2O[C@](F)(c2ccccc2)[C@@H]1F. The molecule has 0 bridgehead atoms. The van der Waals surface area contributed by atoms with Gasteiger partial charge in [-0.2, -0.15) is 4.39 Å². The summed E-state index contributed by atoms with van der Waals surface area (Å²) in [6.45, 7) is 0. The second-order valence-electron chi connectivity index (χ2n) is 4.48. The predicted molar refractivity (Wildman–Crippen MR) is 70.5 cm³/mol. The number of halogens is 3. The summed E-state index contributed by atoms with van der Waals surface area (Å²) >= 11 is 5.75. The minimum atomic E-state index is -2.82. The zero-order valence-corrected chi connectivity index (χ0v) is 10.9. The summed E-state index contributed by atoms with van der Waals surface area (Å²) in [5.41, 5.74) is -0.0874. The summed E-state index contributed by atoms with van der Waals surface area (Å²) in [6, 6.07) is 11.6. The molecule has 3 rings (SSSR count). The second-order valence-corrected chi connectivity index (χ2v) is 4.92. The number of carbonyl (C=O) groups is 1. The summed E-state index contributed by atoms with van der Waals surface area (Å²) in [5, 5.41) is 0.263. The summed E-state index contributed by atoms with van der Waals surface area (Å²) in [7, 11) is 0. The van der Waals surface area contributed by atoms with Crippen molar-refractivity contribution in [3.63, 3.8) is 0 Å². The van der Waals surface area contributed by atoms with Crippen molar-refractivity contribution in [3.05, 3.63) is 64.7 Å². The fraction of sp³-hybridized carbons (Fsp3) is 0.133. The normalized spacial score (nSPS) is 24.9. The highest BCUT2D eigenvalue weighted by atomic mass is 35.5. The number of alkyl halides is 2. The van der Waals surface area contributed by atoms with Crippen LogP contribution in [0.15, 0.2) is 48.5 Å². The molecule has 0 unspecified atom stereocenters. The number of ether oxygens (including phenoxy) is 1. The lowest BCUT2D eigenvalue weighted by Gasteiger charge is -2.34. The van der Waals surface area contributed by atoms with Crippen LogP contribution in [0, 0.1) is 0 Å². The van der Waals surface area contributed by atoms with Crippen molar-refractivity contribution >= 4 is 17.4 Å². The maximum Gasteiger partial charge on any atom is 0.312 e. The van der Waals surface area contributed by atoms with Crippen molar-refractivity contribution in [2.24, 2.45) is 0 Å². The van der Waals surface area contributed by atoms with E-state index in [9.17, 15) is 13.6 Å². The molecule has 5 heteroatoms. The topological polar surface area (TPSA) is 26.3 Å². The predicted octanol–water partition coefficient (Wildman–Crippen LogP) is 4.08. The summed E-state index contributed by atoms with van der Waals surface area (Å²) in [4.78, 5) is 12.0. The standard InChI is InChI=1S/C15H9ClF2O2/c16-10-6-7-12-11(8-10)13(19)14(17)15(18,20-12)9-4-2-1-3-5-9/h1-8,14H/t14-,15-/m1/s1. The lowest BCUT2D eigenvalue weighted by Crippen LogP contribution is -2.46. The van der Waals surface area contributed by atoms with Gasteiger partial charge in [0.1, 0.15) is 5.75 Å². The molecule has 0 saturated carbocycles. The van der Waals surface area contributed by atoms with Crippen molar-refractivity contribution in [3.8, 4) is 5.75 Å². The Morgan fingerprint density at radius 3 is 2.55 bits per heavy atom. The van der Waals surface area contributed by atoms with Crippen LogP contribution in [0.4, 0.5) is 8.78 Å². The van der Waals surface area contributed by atoms with Gasteiger partial charge in [0.05, 0.1) is 5.56 Å². The molecular weight excluding hydrogens is 286 g/mol. The molecule has 1 aliphatic rings. The molecule has 0 spiro atoms. The Labute approximate surface area is 118 Å². The van der Waals surface area contributed by atoms with Gasteiger partial charge in [-0.3, -0.25) is 4.79 Å². The van der Waals surface area contributed by atoms with E-state index in [1.165, 1.54) is 30.3 Å². The van der Waals surface area contributed by atoms with Crippen molar-refractivity contribution in [2.75, 3.05) is 0 Å². The summed E-state index contributed by atoms with van der Waals surface area (Å²) < 4.78 is 34.2. The smallest absolute Gasteiger partial charge is 0.312 e. The number of carbonyl (C=O) groups excluding carboxylic acids is 1. The van der Waals surface area contributed by atoms with Crippen LogP contribution in [0.25, 0.3) is 0 Å². The van der Waals surface area contributed by atoms with Crippen LogP contribution in [0.3, 0.4) is 0 Å². The van der Waals surface area contributed by atoms with Crippen LogP contribution < -0.4 is 4.74 Å². The molecule has 20 heavy (non-hydrogen) atoms. The van der Waals surface area contributed by atoms with Crippen molar-refractivity contribution in [1.29, 1.82) is 0 Å². The number of ketones is 1. The maximum atomic E-state index is 14.9. The maximum absolute atomic E-state index is 14.9. The van der Waals surface area contributed by atoms with E-state index in [1.54, 1.807) is 18.2 Å². The highest BCUT2D eigenvalue weighted by Crippen LogP contribution is 2.43. The van der Waals surface area contributed by atoms with Crippen LogP contribution >= 0.6 is 11.6 Å². The van der Waals surface area contributed by atoms with Gasteiger partial charge in [-0.1, -0.05) is 41.9 Å². The minimum absolute atomic E-state index is 0.0142. The zero-order chi connectivity index (χ0) is 14.3. The van der Waals surface area contributed by atoms with Gasteiger partial charge in [-0.25, -0.2) is 4.39 Å². The monoisotopic (exact) mass is 294 g/mol. The van der Waals surface area contributed by atoms with Crippen LogP contribution in [-0.2, 0) is 5.85 Å². The van der Waals surface area contributed by atoms with E-state index in [0.29, 0.717) is 0 Å². The van der Waals surface area contributed by atoms with Crippen LogP contribution in [0.1, 0.15) is 15.9 Å². The Balaban J connectivity index is 2.13. The molecule has 1 aliphatic heterocycles. The Hall–Kier alpha value is -1.94. The van der Waals surface area contributed by atoms with Crippen LogP contribution in [-0.4, -0.2) is 12.0 Å². The second kappa shape index (κ2) is 4.56. The number of fused-ring (bicyclic) bond motifs is 1. The first kappa shape index (κ1) is 13.1. The molecule has 2 aromatic carbocycles. The molecule has 102 valence electrons. The average molecular weight is 295 g/mol. The van der Waals surface area contributed by atoms with Gasteiger partial charge in [-0.15, -0.1) is 0 Å². The Morgan fingerprint density at radius 1 is 1.15 bits per heavy atom. The van der Waals surface area contributed by atoms with Crippen LogP contribution in [0.5, 0.6) is 5.75 Å². The Kier molecular flexibility index (Phi) is 2.98. The number of benzene rings is 2. The largest absolute Gasteiger partial charge is 0.450 e. The van der Waals surface area contributed by atoms with Gasteiger partial charge in [0, 0.05) is 10.6 Å². The molecule has 0 aliphatic carbocycles. The number of hydrogen-bond donors (Lipinski definition) is 0.